The largest absolute Gasteiger partial charge is 0.371 e. The van der Waals surface area contributed by atoms with E-state index in [0.29, 0.717) is 0 Å². The van der Waals surface area contributed by atoms with E-state index in [9.17, 15) is 4.79 Å². The number of pyridine rings is 1. The Balaban J connectivity index is 1.09. The molecule has 1 N–H and O–H groups in total. The highest BCUT2D eigenvalue weighted by Crippen LogP contribution is 2.44. The van der Waals surface area contributed by atoms with E-state index >= 15 is 0 Å². The Hall–Kier alpha value is -5.10. The Labute approximate surface area is 255 Å². The Bertz CT molecular complexity index is 2230. The summed E-state index contributed by atoms with van der Waals surface area (Å²) in [6, 6.07) is 36.8. The van der Waals surface area contributed by atoms with Crippen molar-refractivity contribution in [3.63, 3.8) is 0 Å². The molecule has 0 amide bonds. The summed E-state index contributed by atoms with van der Waals surface area (Å²) >= 11 is 0. The molecule has 0 unspecified atom stereocenters. The number of fused-ring (bicyclic) bond motifs is 4. The van der Waals surface area contributed by atoms with Crippen LogP contribution in [0.1, 0.15) is 31.0 Å². The predicted octanol–water partition coefficient (Wildman–Crippen LogP) is 7.95. The highest BCUT2D eigenvalue weighted by atomic mass is 16.1. The minimum Gasteiger partial charge on any atom is -0.371 e. The van der Waals surface area contributed by atoms with E-state index in [0.717, 1.165) is 67.6 Å². The molecule has 216 valence electrons. The topological polar surface area (TPSA) is 58.9 Å². The molecule has 1 saturated heterocycles. The molecule has 9 rings (SSSR count). The lowest BCUT2D eigenvalue weighted by Crippen LogP contribution is -2.37. The van der Waals surface area contributed by atoms with Crippen LogP contribution in [-0.4, -0.2) is 32.2 Å². The number of anilines is 1. The lowest BCUT2D eigenvalue weighted by molar-refractivity contribution is 0.396. The smallest absolute Gasteiger partial charge is 0.326 e. The third kappa shape index (κ3) is 3.87. The van der Waals surface area contributed by atoms with Gasteiger partial charge in [-0.2, -0.15) is 0 Å². The van der Waals surface area contributed by atoms with Crippen LogP contribution < -0.4 is 10.6 Å². The summed E-state index contributed by atoms with van der Waals surface area (Å²) in [6.45, 7) is 2.87. The highest BCUT2D eigenvalue weighted by molar-refractivity contribution is 6.18. The summed E-state index contributed by atoms with van der Waals surface area (Å²) in [5.41, 5.74) is 11.6. The zero-order valence-corrected chi connectivity index (χ0v) is 24.5. The number of nitrogens with one attached hydrogen (secondary N) is 1. The van der Waals surface area contributed by atoms with Crippen LogP contribution in [0.5, 0.6) is 0 Å². The number of para-hydroxylation sites is 3. The average molecular weight is 576 g/mol. The van der Waals surface area contributed by atoms with Crippen molar-refractivity contribution in [3.8, 4) is 22.4 Å². The number of hydrogen-bond acceptors (Lipinski definition) is 3. The Morgan fingerprint density at radius 1 is 0.727 bits per heavy atom. The van der Waals surface area contributed by atoms with Gasteiger partial charge in [0.25, 0.3) is 0 Å². The van der Waals surface area contributed by atoms with Crippen molar-refractivity contribution < 1.29 is 0 Å². The second-order valence-electron chi connectivity index (χ2n) is 12.2. The molecular weight excluding hydrogens is 542 g/mol. The third-order valence-electron chi connectivity index (χ3n) is 9.80. The second-order valence-corrected chi connectivity index (χ2v) is 12.2. The molecule has 1 fully saturated rings. The number of hydrogen-bond donors (Lipinski definition) is 1. The Kier molecular flexibility index (Phi) is 5.76. The van der Waals surface area contributed by atoms with Crippen molar-refractivity contribution in [1.29, 1.82) is 0 Å². The zero-order chi connectivity index (χ0) is 29.2. The SMILES string of the molecule is O=c1[nH]c2ccccc2n1C1CCN(c2ccc(-c3nc4c5c(c3-c3ccccc3)c3ccccc3n5CCC4)cc2)CC1. The van der Waals surface area contributed by atoms with E-state index in [-0.39, 0.29) is 11.7 Å². The first-order valence-electron chi connectivity index (χ1n) is 15.8. The molecule has 2 aliphatic rings. The van der Waals surface area contributed by atoms with Crippen LogP contribution >= 0.6 is 0 Å². The summed E-state index contributed by atoms with van der Waals surface area (Å²) in [5.74, 6) is 0. The van der Waals surface area contributed by atoms with Gasteiger partial charge in [-0.1, -0.05) is 72.8 Å². The van der Waals surface area contributed by atoms with Gasteiger partial charge < -0.3 is 14.5 Å². The summed E-state index contributed by atoms with van der Waals surface area (Å²) in [4.78, 5) is 23.7. The van der Waals surface area contributed by atoms with Crippen LogP contribution in [0.4, 0.5) is 5.69 Å². The van der Waals surface area contributed by atoms with E-state index in [1.165, 1.54) is 44.3 Å². The normalized spacial score (nSPS) is 15.5. The van der Waals surface area contributed by atoms with Crippen molar-refractivity contribution in [2.24, 2.45) is 0 Å². The third-order valence-corrected chi connectivity index (χ3v) is 9.80. The number of aryl methyl sites for hydroxylation is 2. The van der Waals surface area contributed by atoms with Gasteiger partial charge in [-0.05, 0) is 61.6 Å². The van der Waals surface area contributed by atoms with E-state index in [4.69, 9.17) is 4.98 Å². The van der Waals surface area contributed by atoms with Crippen LogP contribution in [0.2, 0.25) is 0 Å². The molecule has 0 bridgehead atoms. The van der Waals surface area contributed by atoms with E-state index < -0.39 is 0 Å². The first kappa shape index (κ1) is 25.4. The minimum absolute atomic E-state index is 0.00477. The number of benzene rings is 4. The summed E-state index contributed by atoms with van der Waals surface area (Å²) in [7, 11) is 0. The maximum absolute atomic E-state index is 12.8. The van der Waals surface area contributed by atoms with Gasteiger partial charge in [0.05, 0.1) is 27.9 Å². The monoisotopic (exact) mass is 575 g/mol. The number of rotatable bonds is 4. The molecular formula is C38H33N5O. The van der Waals surface area contributed by atoms with Gasteiger partial charge in [-0.15, -0.1) is 0 Å². The van der Waals surface area contributed by atoms with Crippen molar-refractivity contribution in [1.82, 2.24) is 19.1 Å². The fraction of sp³-hybridized carbons (Fsp3) is 0.211. The van der Waals surface area contributed by atoms with Gasteiger partial charge in [0, 0.05) is 58.8 Å². The lowest BCUT2D eigenvalue weighted by Gasteiger charge is -2.34. The quantitative estimate of drug-likeness (QED) is 0.232. The van der Waals surface area contributed by atoms with Gasteiger partial charge in [0.1, 0.15) is 0 Å². The molecule has 6 heteroatoms. The molecule has 6 nitrogen and oxygen atoms in total. The molecule has 0 aliphatic carbocycles. The van der Waals surface area contributed by atoms with Crippen LogP contribution in [0.25, 0.3) is 55.2 Å². The molecule has 0 spiro atoms. The average Bonchev–Trinajstić information content (AvgIpc) is 3.60. The summed E-state index contributed by atoms with van der Waals surface area (Å²) < 4.78 is 4.45. The maximum atomic E-state index is 12.8. The molecule has 4 aromatic carbocycles. The van der Waals surface area contributed by atoms with Crippen LogP contribution in [0.3, 0.4) is 0 Å². The van der Waals surface area contributed by atoms with Gasteiger partial charge in [0.15, 0.2) is 0 Å². The number of nitrogens with zero attached hydrogens (tertiary/aromatic N) is 4. The Morgan fingerprint density at radius 3 is 2.27 bits per heavy atom. The molecule has 44 heavy (non-hydrogen) atoms. The first-order chi connectivity index (χ1) is 21.7. The first-order valence-corrected chi connectivity index (χ1v) is 15.8. The lowest BCUT2D eigenvalue weighted by atomic mass is 9.93. The van der Waals surface area contributed by atoms with Gasteiger partial charge in [0.2, 0.25) is 0 Å². The van der Waals surface area contributed by atoms with Crippen molar-refractivity contribution in [2.45, 2.75) is 38.3 Å². The van der Waals surface area contributed by atoms with E-state index in [2.05, 4.69) is 93.3 Å². The van der Waals surface area contributed by atoms with Crippen molar-refractivity contribution in [2.75, 3.05) is 18.0 Å². The molecule has 0 atom stereocenters. The van der Waals surface area contributed by atoms with Crippen molar-refractivity contribution >= 4 is 38.5 Å². The maximum Gasteiger partial charge on any atom is 0.326 e. The number of imidazole rings is 1. The molecule has 2 aliphatic heterocycles. The number of H-pyrrole nitrogens is 1. The van der Waals surface area contributed by atoms with Crippen molar-refractivity contribution in [3.05, 3.63) is 119 Å². The fourth-order valence-corrected chi connectivity index (χ4v) is 7.77. The van der Waals surface area contributed by atoms with Gasteiger partial charge in [-0.25, -0.2) is 9.78 Å². The molecule has 7 aromatic rings. The summed E-state index contributed by atoms with van der Waals surface area (Å²) in [6.07, 6.45) is 3.99. The molecule has 0 saturated carbocycles. The highest BCUT2D eigenvalue weighted by Gasteiger charge is 2.26. The van der Waals surface area contributed by atoms with E-state index in [1.54, 1.807) is 0 Å². The molecule has 0 radical (unpaired) electrons. The fourth-order valence-electron chi connectivity index (χ4n) is 7.77. The number of aromatic nitrogens is 4. The number of aromatic amines is 1. The van der Waals surface area contributed by atoms with Crippen LogP contribution in [-0.2, 0) is 13.0 Å². The molecule has 5 heterocycles. The predicted molar refractivity (Wildman–Crippen MR) is 179 cm³/mol. The van der Waals surface area contributed by atoms with Gasteiger partial charge >= 0.3 is 5.69 Å². The minimum atomic E-state index is -0.00477. The second kappa shape index (κ2) is 9.98. The zero-order valence-electron chi connectivity index (χ0n) is 24.5. The molecule has 3 aromatic heterocycles. The van der Waals surface area contributed by atoms with E-state index in [1.807, 2.05) is 28.8 Å². The van der Waals surface area contributed by atoms with Crippen LogP contribution in [0, 0.1) is 0 Å². The number of piperidine rings is 1. The Morgan fingerprint density at radius 2 is 1.45 bits per heavy atom. The standard InChI is InChI=1S/C38H33N5O/c44-38-40-30-12-5-7-15-33(30)43(38)28-20-23-41(24-21-28)27-18-16-26(17-19-27)36-34(25-9-2-1-3-10-25)35-29-11-4-6-14-32(29)42-22-8-13-31(39-36)37(35)42/h1-7,9-12,14-19,28H,8,13,20-24H2,(H,40,44). The van der Waals surface area contributed by atoms with Crippen LogP contribution in [0.15, 0.2) is 108 Å². The summed E-state index contributed by atoms with van der Waals surface area (Å²) in [5, 5.41) is 2.63. The van der Waals surface area contributed by atoms with Gasteiger partial charge in [-0.3, -0.25) is 4.57 Å².